The first kappa shape index (κ1) is 13.6. The number of phenols is 1. The maximum absolute atomic E-state index is 9.64. The number of benzene rings is 1. The van der Waals surface area contributed by atoms with E-state index in [0.717, 1.165) is 29.8 Å². The second kappa shape index (κ2) is 7.01. The Kier molecular flexibility index (Phi) is 5.63. The van der Waals surface area contributed by atoms with Crippen LogP contribution in [0.4, 0.5) is 5.69 Å². The van der Waals surface area contributed by atoms with Crippen LogP contribution in [0.1, 0.15) is 25.3 Å². The summed E-state index contributed by atoms with van der Waals surface area (Å²) >= 11 is 0. The predicted molar refractivity (Wildman–Crippen MR) is 68.8 cm³/mol. The largest absolute Gasteiger partial charge is 0.508 e. The monoisotopic (exact) mass is 239 g/mol. The van der Waals surface area contributed by atoms with Gasteiger partial charge in [0, 0.05) is 12.6 Å². The second-order valence-electron chi connectivity index (χ2n) is 3.99. The number of unbranched alkanes of at least 4 members (excludes halogenated alkanes) is 1. The van der Waals surface area contributed by atoms with Crippen molar-refractivity contribution in [2.24, 2.45) is 0 Å². The highest BCUT2D eigenvalue weighted by Crippen LogP contribution is 2.32. The zero-order chi connectivity index (χ0) is 12.7. The van der Waals surface area contributed by atoms with Crippen LogP contribution in [0.2, 0.25) is 0 Å². The lowest BCUT2D eigenvalue weighted by Crippen LogP contribution is -2.08. The summed E-state index contributed by atoms with van der Waals surface area (Å²) in [5, 5.41) is 21.5. The highest BCUT2D eigenvalue weighted by Gasteiger charge is 2.07. The molecule has 0 aliphatic carbocycles. The van der Waals surface area contributed by atoms with Crippen molar-refractivity contribution in [1.29, 1.82) is 0 Å². The quantitative estimate of drug-likeness (QED) is 0.639. The normalized spacial score (nSPS) is 10.3. The van der Waals surface area contributed by atoms with E-state index in [1.165, 1.54) is 0 Å². The summed E-state index contributed by atoms with van der Waals surface area (Å²) in [4.78, 5) is 0. The lowest BCUT2D eigenvalue weighted by Gasteiger charge is -2.14. The van der Waals surface area contributed by atoms with Crippen LogP contribution in [0.3, 0.4) is 0 Å². The van der Waals surface area contributed by atoms with Gasteiger partial charge < -0.3 is 20.3 Å². The molecule has 1 aromatic rings. The third kappa shape index (κ3) is 4.15. The van der Waals surface area contributed by atoms with Gasteiger partial charge in [0.1, 0.15) is 11.5 Å². The van der Waals surface area contributed by atoms with Crippen molar-refractivity contribution in [1.82, 2.24) is 0 Å². The fourth-order valence-corrected chi connectivity index (χ4v) is 1.44. The first-order valence-corrected chi connectivity index (χ1v) is 6.00. The van der Waals surface area contributed by atoms with E-state index in [9.17, 15) is 5.11 Å². The molecule has 0 saturated carbocycles. The summed E-state index contributed by atoms with van der Waals surface area (Å²) in [6.07, 6.45) is 2.08. The van der Waals surface area contributed by atoms with Gasteiger partial charge in [0.05, 0.1) is 18.9 Å². The number of hydrogen-bond acceptors (Lipinski definition) is 4. The van der Waals surface area contributed by atoms with Gasteiger partial charge in [0.25, 0.3) is 0 Å². The van der Waals surface area contributed by atoms with Crippen molar-refractivity contribution in [3.63, 3.8) is 0 Å². The minimum absolute atomic E-state index is 0.0447. The van der Waals surface area contributed by atoms with Crippen LogP contribution in [0.15, 0.2) is 12.1 Å². The predicted octanol–water partition coefficient (Wildman–Crippen LogP) is 2.28. The smallest absolute Gasteiger partial charge is 0.142 e. The molecule has 3 N–H and O–H groups in total. The highest BCUT2D eigenvalue weighted by molar-refractivity contribution is 5.61. The van der Waals surface area contributed by atoms with Crippen LogP contribution < -0.4 is 10.1 Å². The maximum Gasteiger partial charge on any atom is 0.142 e. The average molecular weight is 239 g/mol. The van der Waals surface area contributed by atoms with E-state index in [-0.39, 0.29) is 12.4 Å². The molecule has 0 saturated heterocycles. The van der Waals surface area contributed by atoms with Gasteiger partial charge in [-0.05, 0) is 25.0 Å². The SMILES string of the molecule is CCCCOc1cc(C)c(O)cc1NCCO. The molecule has 0 spiro atoms. The molecule has 1 rings (SSSR count). The van der Waals surface area contributed by atoms with E-state index in [2.05, 4.69) is 12.2 Å². The minimum Gasteiger partial charge on any atom is -0.508 e. The van der Waals surface area contributed by atoms with Crippen molar-refractivity contribution in [3.8, 4) is 11.5 Å². The summed E-state index contributed by atoms with van der Waals surface area (Å²) in [5.74, 6) is 0.954. The number of aromatic hydroxyl groups is 1. The second-order valence-corrected chi connectivity index (χ2v) is 3.99. The van der Waals surface area contributed by atoms with E-state index in [1.807, 2.05) is 13.0 Å². The third-order valence-electron chi connectivity index (χ3n) is 2.48. The average Bonchev–Trinajstić information content (AvgIpc) is 2.32. The van der Waals surface area contributed by atoms with Gasteiger partial charge in [-0.25, -0.2) is 0 Å². The zero-order valence-electron chi connectivity index (χ0n) is 10.5. The molecule has 0 aliphatic heterocycles. The Labute approximate surface area is 102 Å². The summed E-state index contributed by atoms with van der Waals surface area (Å²) in [7, 11) is 0. The zero-order valence-corrected chi connectivity index (χ0v) is 10.5. The highest BCUT2D eigenvalue weighted by atomic mass is 16.5. The molecule has 1 aromatic carbocycles. The number of anilines is 1. The number of ether oxygens (including phenoxy) is 1. The van der Waals surface area contributed by atoms with Crippen LogP contribution in [-0.2, 0) is 0 Å². The van der Waals surface area contributed by atoms with Gasteiger partial charge in [0.2, 0.25) is 0 Å². The molecular formula is C13H21NO3. The topological polar surface area (TPSA) is 61.7 Å². The van der Waals surface area contributed by atoms with E-state index >= 15 is 0 Å². The van der Waals surface area contributed by atoms with E-state index in [0.29, 0.717) is 13.2 Å². The maximum atomic E-state index is 9.64. The fourth-order valence-electron chi connectivity index (χ4n) is 1.44. The van der Waals surface area contributed by atoms with E-state index < -0.39 is 0 Å². The van der Waals surface area contributed by atoms with Crippen molar-refractivity contribution in [2.75, 3.05) is 25.1 Å². The van der Waals surface area contributed by atoms with Crippen LogP contribution >= 0.6 is 0 Å². The Morgan fingerprint density at radius 3 is 2.76 bits per heavy atom. The van der Waals surface area contributed by atoms with Gasteiger partial charge >= 0.3 is 0 Å². The first-order valence-electron chi connectivity index (χ1n) is 6.00. The Morgan fingerprint density at radius 2 is 2.12 bits per heavy atom. The Morgan fingerprint density at radius 1 is 1.35 bits per heavy atom. The standard InChI is InChI=1S/C13H21NO3/c1-3-4-7-17-13-8-10(2)12(16)9-11(13)14-5-6-15/h8-9,14-16H,3-7H2,1-2H3. The number of nitrogens with one attached hydrogen (secondary N) is 1. The minimum atomic E-state index is 0.0447. The molecule has 0 heterocycles. The summed E-state index contributed by atoms with van der Waals surface area (Å²) in [5.41, 5.74) is 1.50. The Balaban J connectivity index is 2.79. The van der Waals surface area contributed by atoms with Crippen LogP contribution in [0.25, 0.3) is 0 Å². The molecule has 0 atom stereocenters. The number of aliphatic hydroxyl groups excluding tert-OH is 1. The molecule has 0 aromatic heterocycles. The number of phenolic OH excluding ortho intramolecular Hbond substituents is 1. The molecule has 0 fully saturated rings. The van der Waals surface area contributed by atoms with Crippen molar-refractivity contribution in [2.45, 2.75) is 26.7 Å². The van der Waals surface area contributed by atoms with Gasteiger partial charge in [-0.3, -0.25) is 0 Å². The number of aryl methyl sites for hydroxylation is 1. The van der Waals surface area contributed by atoms with E-state index in [4.69, 9.17) is 9.84 Å². The molecule has 0 unspecified atom stereocenters. The third-order valence-corrected chi connectivity index (χ3v) is 2.48. The number of aliphatic hydroxyl groups is 1. The molecule has 0 amide bonds. The molecular weight excluding hydrogens is 218 g/mol. The van der Waals surface area contributed by atoms with Crippen molar-refractivity contribution in [3.05, 3.63) is 17.7 Å². The van der Waals surface area contributed by atoms with Crippen molar-refractivity contribution < 1.29 is 14.9 Å². The molecule has 96 valence electrons. The molecule has 0 bridgehead atoms. The van der Waals surface area contributed by atoms with Crippen LogP contribution in [0.5, 0.6) is 11.5 Å². The number of hydrogen-bond donors (Lipinski definition) is 3. The van der Waals surface area contributed by atoms with Gasteiger partial charge in [-0.1, -0.05) is 13.3 Å². The van der Waals surface area contributed by atoms with Crippen molar-refractivity contribution >= 4 is 5.69 Å². The molecule has 17 heavy (non-hydrogen) atoms. The Bertz CT molecular complexity index is 353. The molecule has 0 radical (unpaired) electrons. The fraction of sp³-hybridized carbons (Fsp3) is 0.538. The molecule has 0 aliphatic rings. The lowest BCUT2D eigenvalue weighted by molar-refractivity contribution is 0.305. The number of rotatable bonds is 7. The van der Waals surface area contributed by atoms with E-state index in [1.54, 1.807) is 6.07 Å². The summed E-state index contributed by atoms with van der Waals surface area (Å²) in [6.45, 7) is 5.08. The summed E-state index contributed by atoms with van der Waals surface area (Å²) < 4.78 is 5.66. The lowest BCUT2D eigenvalue weighted by atomic mass is 10.2. The van der Waals surface area contributed by atoms with Gasteiger partial charge in [0.15, 0.2) is 0 Å². The molecule has 4 nitrogen and oxygen atoms in total. The van der Waals surface area contributed by atoms with Gasteiger partial charge in [-0.15, -0.1) is 0 Å². The Hall–Kier alpha value is -1.42. The summed E-state index contributed by atoms with van der Waals surface area (Å²) in [6, 6.07) is 3.44. The molecule has 4 heteroatoms. The van der Waals surface area contributed by atoms with Crippen LogP contribution in [-0.4, -0.2) is 30.0 Å². The van der Waals surface area contributed by atoms with Gasteiger partial charge in [-0.2, -0.15) is 0 Å². The van der Waals surface area contributed by atoms with Crippen LogP contribution in [0, 0.1) is 6.92 Å². The first-order chi connectivity index (χ1) is 8.19.